The van der Waals surface area contributed by atoms with Gasteiger partial charge in [-0.15, -0.1) is 0 Å². The Hall–Kier alpha value is -3.63. The minimum Gasteiger partial charge on any atom is -1.00 e. The number of rotatable bonds is 9. The SMILES string of the molecule is CN1C(=O)c2c(c3c4ccccc4n(CCCNC(=O)[C@@H]([NH3+])CCCC[NH3+])c3c3[nH]c4ccccc4c23)C1=O.[Cl-].[Cl-]. The van der Waals surface area contributed by atoms with Crippen molar-refractivity contribution in [1.29, 1.82) is 0 Å². The summed E-state index contributed by atoms with van der Waals surface area (Å²) in [6.45, 7) is 2.03. The van der Waals surface area contributed by atoms with Crippen molar-refractivity contribution >= 4 is 61.3 Å². The van der Waals surface area contributed by atoms with Crippen LogP contribution >= 0.6 is 0 Å². The second-order valence-electron chi connectivity index (χ2n) is 10.4. The Kier molecular flexibility index (Phi) is 8.94. The first-order valence-electron chi connectivity index (χ1n) is 13.6. The first-order chi connectivity index (χ1) is 18.9. The van der Waals surface area contributed by atoms with Crippen molar-refractivity contribution in [1.82, 2.24) is 19.8 Å². The molecular formula is C30H34Cl2N6O3. The third-order valence-corrected chi connectivity index (χ3v) is 7.98. The standard InChI is InChI=1S/C30H32N6O3.2ClH/c1-35-29(38)24-22-17-9-2-4-12-20(17)34-26(22)27-23(25(24)30(35)39)18-10-3-5-13-21(18)36(27)16-8-15-33-28(37)19(32)11-6-7-14-31;;/h2-5,9-10,12-13,19,34H,6-8,11,14-16,31-32H2,1H3,(H,33,37);2*1H/t19-;;/m0../s1. The van der Waals surface area contributed by atoms with Gasteiger partial charge in [-0.2, -0.15) is 0 Å². The van der Waals surface area contributed by atoms with Crippen LogP contribution in [0.15, 0.2) is 48.5 Å². The van der Waals surface area contributed by atoms with E-state index in [4.69, 9.17) is 0 Å². The van der Waals surface area contributed by atoms with Crippen molar-refractivity contribution in [3.63, 3.8) is 0 Å². The lowest BCUT2D eigenvalue weighted by molar-refractivity contribution is -0.406. The number of halogens is 2. The number of nitrogens with one attached hydrogen (secondary N) is 2. The number of aromatic amines is 1. The Morgan fingerprint density at radius 1 is 0.927 bits per heavy atom. The first-order valence-corrected chi connectivity index (χ1v) is 13.6. The summed E-state index contributed by atoms with van der Waals surface area (Å²) in [4.78, 5) is 44.2. The molecule has 3 aromatic carbocycles. The van der Waals surface area contributed by atoms with Crippen molar-refractivity contribution in [3.05, 3.63) is 59.7 Å². The fourth-order valence-corrected chi connectivity index (χ4v) is 6.02. The van der Waals surface area contributed by atoms with Gasteiger partial charge in [0.2, 0.25) is 0 Å². The molecule has 3 amide bonds. The van der Waals surface area contributed by atoms with Crippen molar-refractivity contribution in [2.24, 2.45) is 0 Å². The molecule has 0 saturated carbocycles. The number of aryl methyl sites for hydroxylation is 1. The molecule has 8 N–H and O–H groups in total. The first kappa shape index (κ1) is 30.3. The van der Waals surface area contributed by atoms with E-state index in [1.807, 2.05) is 48.5 Å². The summed E-state index contributed by atoms with van der Waals surface area (Å²) in [5.41, 5.74) is 12.5. The third kappa shape index (κ3) is 4.82. The average Bonchev–Trinajstić information content (AvgIpc) is 3.56. The van der Waals surface area contributed by atoms with E-state index < -0.39 is 0 Å². The fourth-order valence-electron chi connectivity index (χ4n) is 6.02. The van der Waals surface area contributed by atoms with Gasteiger partial charge in [-0.3, -0.25) is 19.3 Å². The molecule has 0 aliphatic carbocycles. The fraction of sp³-hybridized carbons (Fsp3) is 0.300. The van der Waals surface area contributed by atoms with E-state index >= 15 is 0 Å². The lowest BCUT2D eigenvalue weighted by atomic mass is 9.97. The largest absolute Gasteiger partial charge is 1.00 e. The van der Waals surface area contributed by atoms with Crippen molar-refractivity contribution in [2.75, 3.05) is 20.1 Å². The quantitative estimate of drug-likeness (QED) is 0.102. The number of hydrogen-bond donors (Lipinski definition) is 4. The molecule has 0 spiro atoms. The smallest absolute Gasteiger partial charge is 0.278 e. The molecule has 0 unspecified atom stereocenters. The Bertz CT molecular complexity index is 1790. The highest BCUT2D eigenvalue weighted by Gasteiger charge is 2.39. The highest BCUT2D eigenvalue weighted by molar-refractivity contribution is 6.39. The van der Waals surface area contributed by atoms with Crippen molar-refractivity contribution in [3.8, 4) is 0 Å². The zero-order valence-electron chi connectivity index (χ0n) is 22.9. The van der Waals surface area contributed by atoms with Gasteiger partial charge in [-0.05, 0) is 31.4 Å². The van der Waals surface area contributed by atoms with Crippen molar-refractivity contribution < 1.29 is 50.7 Å². The molecule has 0 saturated heterocycles. The summed E-state index contributed by atoms with van der Waals surface area (Å²) in [6, 6.07) is 15.6. The molecule has 5 aromatic rings. The molecule has 9 nitrogen and oxygen atoms in total. The minimum atomic E-state index is -0.275. The van der Waals surface area contributed by atoms with Gasteiger partial charge in [0.15, 0.2) is 6.04 Å². The molecule has 0 radical (unpaired) electrons. The zero-order valence-corrected chi connectivity index (χ0v) is 24.4. The minimum absolute atomic E-state index is 0. The molecule has 6 rings (SSSR count). The van der Waals surface area contributed by atoms with Gasteiger partial charge in [0, 0.05) is 59.1 Å². The lowest BCUT2D eigenvalue weighted by Gasteiger charge is -2.12. The second-order valence-corrected chi connectivity index (χ2v) is 10.4. The molecule has 2 aromatic heterocycles. The summed E-state index contributed by atoms with van der Waals surface area (Å²) < 4.78 is 2.22. The highest BCUT2D eigenvalue weighted by atomic mass is 35.5. The van der Waals surface area contributed by atoms with Gasteiger partial charge in [0.05, 0.1) is 28.7 Å². The average molecular weight is 598 g/mol. The number of carbonyl (C=O) groups is 3. The van der Waals surface area contributed by atoms with Crippen LogP contribution < -0.4 is 41.6 Å². The Morgan fingerprint density at radius 3 is 2.32 bits per heavy atom. The molecule has 0 bridgehead atoms. The summed E-state index contributed by atoms with van der Waals surface area (Å²) in [6.07, 6.45) is 3.42. The van der Waals surface area contributed by atoms with Crippen LogP contribution in [-0.2, 0) is 11.3 Å². The maximum Gasteiger partial charge on any atom is 0.278 e. The van der Waals surface area contributed by atoms with Crippen LogP contribution in [0.2, 0.25) is 0 Å². The predicted octanol–water partition coefficient (Wildman–Crippen LogP) is -3.81. The normalized spacial score (nSPS) is 13.6. The number of H-pyrrole nitrogens is 1. The van der Waals surface area contributed by atoms with Gasteiger partial charge >= 0.3 is 0 Å². The van der Waals surface area contributed by atoms with Gasteiger partial charge in [-0.25, -0.2) is 0 Å². The van der Waals surface area contributed by atoms with Gasteiger partial charge in [0.25, 0.3) is 17.7 Å². The van der Waals surface area contributed by atoms with Crippen LogP contribution in [0.1, 0.15) is 46.4 Å². The van der Waals surface area contributed by atoms with E-state index in [2.05, 4.69) is 26.3 Å². The summed E-state index contributed by atoms with van der Waals surface area (Å²) >= 11 is 0. The van der Waals surface area contributed by atoms with Crippen molar-refractivity contribution in [2.45, 2.75) is 38.3 Å². The molecule has 3 heterocycles. The lowest BCUT2D eigenvalue weighted by Crippen LogP contribution is -3.00. The molecule has 1 aliphatic rings. The van der Waals surface area contributed by atoms with Gasteiger partial charge in [0.1, 0.15) is 0 Å². The van der Waals surface area contributed by atoms with Gasteiger partial charge < -0.3 is 51.1 Å². The van der Waals surface area contributed by atoms with Crippen LogP contribution in [-0.4, -0.2) is 58.4 Å². The monoisotopic (exact) mass is 596 g/mol. The van der Waals surface area contributed by atoms with Crippen LogP contribution in [0.4, 0.5) is 0 Å². The second kappa shape index (κ2) is 12.1. The summed E-state index contributed by atoms with van der Waals surface area (Å²) in [5.74, 6) is -0.573. The molecule has 1 aliphatic heterocycles. The van der Waals surface area contributed by atoms with E-state index in [1.165, 1.54) is 4.90 Å². The number of amides is 3. The predicted molar refractivity (Wildman–Crippen MR) is 151 cm³/mol. The number of hydrogen-bond acceptors (Lipinski definition) is 3. The van der Waals surface area contributed by atoms with Crippen LogP contribution in [0, 0.1) is 0 Å². The van der Waals surface area contributed by atoms with E-state index in [-0.39, 0.29) is 48.6 Å². The summed E-state index contributed by atoms with van der Waals surface area (Å²) in [5, 5.41) is 6.49. The summed E-state index contributed by atoms with van der Waals surface area (Å²) in [7, 11) is 1.55. The number of benzene rings is 3. The van der Waals surface area contributed by atoms with Crippen LogP contribution in [0.25, 0.3) is 43.6 Å². The molecule has 11 heteroatoms. The topological polar surface area (TPSA) is 142 Å². The number of nitrogens with zero attached hydrogens (tertiary/aromatic N) is 2. The zero-order chi connectivity index (χ0) is 27.3. The van der Waals surface area contributed by atoms with E-state index in [0.29, 0.717) is 30.6 Å². The maximum absolute atomic E-state index is 13.5. The number of fused-ring (bicyclic) bond motifs is 10. The maximum atomic E-state index is 13.5. The molecule has 41 heavy (non-hydrogen) atoms. The molecular weight excluding hydrogens is 563 g/mol. The van der Waals surface area contributed by atoms with Crippen LogP contribution in [0.3, 0.4) is 0 Å². The number of imide groups is 1. The number of unbranched alkanes of at least 4 members (excludes halogenated alkanes) is 1. The number of carbonyl (C=O) groups excluding carboxylic acids is 3. The Morgan fingerprint density at radius 2 is 1.59 bits per heavy atom. The van der Waals surface area contributed by atoms with E-state index in [9.17, 15) is 14.4 Å². The number of para-hydroxylation sites is 2. The molecule has 1 atom stereocenters. The molecule has 216 valence electrons. The third-order valence-electron chi connectivity index (χ3n) is 7.98. The number of quaternary nitrogens is 2. The Labute approximate surface area is 249 Å². The van der Waals surface area contributed by atoms with Crippen LogP contribution in [0.5, 0.6) is 0 Å². The number of aromatic nitrogens is 2. The van der Waals surface area contributed by atoms with E-state index in [1.54, 1.807) is 7.05 Å². The Balaban J connectivity index is 0.00000194. The highest BCUT2D eigenvalue weighted by Crippen LogP contribution is 2.44. The van der Waals surface area contributed by atoms with Gasteiger partial charge in [-0.1, -0.05) is 36.4 Å². The molecule has 0 fully saturated rings. The van der Waals surface area contributed by atoms with E-state index in [0.717, 1.165) is 69.4 Å².